The highest BCUT2D eigenvalue weighted by Gasteiger charge is 2.17. The third kappa shape index (κ3) is 4.30. The molecule has 0 fully saturated rings. The molecule has 0 spiro atoms. The molecule has 0 aliphatic heterocycles. The zero-order valence-corrected chi connectivity index (χ0v) is 10.5. The second-order valence-electron chi connectivity index (χ2n) is 4.26. The maximum absolute atomic E-state index is 13.5. The Bertz CT molecular complexity index is 420. The van der Waals surface area contributed by atoms with Crippen molar-refractivity contribution in [1.29, 1.82) is 0 Å². The quantitative estimate of drug-likeness (QED) is 0.756. The Hall–Kier alpha value is -1.68. The molecule has 0 saturated carbocycles. The third-order valence-electron chi connectivity index (χ3n) is 2.80. The van der Waals surface area contributed by atoms with Crippen LogP contribution < -0.4 is 0 Å². The molecule has 98 valence electrons. The average Bonchev–Trinajstić information content (AvgIpc) is 2.31. The van der Waals surface area contributed by atoms with Gasteiger partial charge in [0.2, 0.25) is 0 Å². The SMILES string of the molecule is C=CCN(CC(=O)O)C(C)Cc1ccccc1F. The van der Waals surface area contributed by atoms with E-state index in [1.54, 1.807) is 29.2 Å². The molecule has 1 rings (SSSR count). The zero-order chi connectivity index (χ0) is 13.5. The van der Waals surface area contributed by atoms with Gasteiger partial charge in [-0.15, -0.1) is 6.58 Å². The predicted molar refractivity (Wildman–Crippen MR) is 69.0 cm³/mol. The van der Waals surface area contributed by atoms with Gasteiger partial charge >= 0.3 is 5.97 Å². The maximum Gasteiger partial charge on any atom is 0.317 e. The van der Waals surface area contributed by atoms with Gasteiger partial charge in [0.05, 0.1) is 6.54 Å². The summed E-state index contributed by atoms with van der Waals surface area (Å²) in [7, 11) is 0. The number of carboxylic acids is 1. The third-order valence-corrected chi connectivity index (χ3v) is 2.80. The van der Waals surface area contributed by atoms with Crippen LogP contribution in [0.15, 0.2) is 36.9 Å². The van der Waals surface area contributed by atoms with E-state index < -0.39 is 5.97 Å². The lowest BCUT2D eigenvalue weighted by atomic mass is 10.1. The Balaban J connectivity index is 2.71. The van der Waals surface area contributed by atoms with Gasteiger partial charge in [0, 0.05) is 12.6 Å². The Kier molecular flexibility index (Phi) is 5.52. The van der Waals surface area contributed by atoms with Gasteiger partial charge in [0.15, 0.2) is 0 Å². The summed E-state index contributed by atoms with van der Waals surface area (Å²) in [5.41, 5.74) is 0.601. The largest absolute Gasteiger partial charge is 0.480 e. The topological polar surface area (TPSA) is 40.5 Å². The van der Waals surface area contributed by atoms with E-state index in [1.807, 2.05) is 6.92 Å². The van der Waals surface area contributed by atoms with Gasteiger partial charge in [0.1, 0.15) is 5.82 Å². The molecule has 0 radical (unpaired) electrons. The number of hydrogen-bond donors (Lipinski definition) is 1. The summed E-state index contributed by atoms with van der Waals surface area (Å²) in [6, 6.07) is 6.49. The fourth-order valence-corrected chi connectivity index (χ4v) is 1.85. The van der Waals surface area contributed by atoms with Crippen molar-refractivity contribution in [3.63, 3.8) is 0 Å². The van der Waals surface area contributed by atoms with Crippen molar-refractivity contribution in [2.24, 2.45) is 0 Å². The van der Waals surface area contributed by atoms with Gasteiger partial charge in [-0.25, -0.2) is 4.39 Å². The summed E-state index contributed by atoms with van der Waals surface area (Å²) < 4.78 is 13.5. The van der Waals surface area contributed by atoms with Crippen molar-refractivity contribution < 1.29 is 14.3 Å². The molecule has 0 saturated heterocycles. The minimum Gasteiger partial charge on any atom is -0.480 e. The zero-order valence-electron chi connectivity index (χ0n) is 10.5. The number of benzene rings is 1. The fourth-order valence-electron chi connectivity index (χ4n) is 1.85. The summed E-state index contributed by atoms with van der Waals surface area (Å²) >= 11 is 0. The lowest BCUT2D eigenvalue weighted by molar-refractivity contribution is -0.138. The molecule has 1 aromatic rings. The normalized spacial score (nSPS) is 12.4. The van der Waals surface area contributed by atoms with Crippen LogP contribution in [0.1, 0.15) is 12.5 Å². The highest BCUT2D eigenvalue weighted by atomic mass is 19.1. The average molecular weight is 251 g/mol. The van der Waals surface area contributed by atoms with E-state index in [2.05, 4.69) is 6.58 Å². The van der Waals surface area contributed by atoms with E-state index in [4.69, 9.17) is 5.11 Å². The molecule has 1 N–H and O–H groups in total. The van der Waals surface area contributed by atoms with Crippen molar-refractivity contribution in [1.82, 2.24) is 4.90 Å². The standard InChI is InChI=1S/C14H18FNO2/c1-3-8-16(10-14(17)18)11(2)9-12-6-4-5-7-13(12)15/h3-7,11H,1,8-10H2,2H3,(H,17,18). The van der Waals surface area contributed by atoms with Crippen molar-refractivity contribution in [2.45, 2.75) is 19.4 Å². The van der Waals surface area contributed by atoms with Crippen LogP contribution >= 0.6 is 0 Å². The first-order valence-corrected chi connectivity index (χ1v) is 5.84. The molecular formula is C14H18FNO2. The molecule has 0 bridgehead atoms. The Morgan fingerprint density at radius 3 is 2.78 bits per heavy atom. The predicted octanol–water partition coefficient (Wildman–Crippen LogP) is 2.33. The van der Waals surface area contributed by atoms with Crippen molar-refractivity contribution in [2.75, 3.05) is 13.1 Å². The smallest absolute Gasteiger partial charge is 0.317 e. The summed E-state index contributed by atoms with van der Waals surface area (Å²) in [6.07, 6.45) is 2.13. The number of carbonyl (C=O) groups is 1. The number of aliphatic carboxylic acids is 1. The molecule has 18 heavy (non-hydrogen) atoms. The molecule has 0 aromatic heterocycles. The van der Waals surface area contributed by atoms with Gasteiger partial charge in [0.25, 0.3) is 0 Å². The first-order chi connectivity index (χ1) is 8.54. The van der Waals surface area contributed by atoms with Crippen LogP contribution in [0.3, 0.4) is 0 Å². The molecule has 3 nitrogen and oxygen atoms in total. The van der Waals surface area contributed by atoms with E-state index in [9.17, 15) is 9.18 Å². The van der Waals surface area contributed by atoms with Crippen LogP contribution in [-0.2, 0) is 11.2 Å². The van der Waals surface area contributed by atoms with Gasteiger partial charge < -0.3 is 5.11 Å². The molecule has 1 atom stereocenters. The molecule has 0 aliphatic rings. The van der Waals surface area contributed by atoms with Crippen molar-refractivity contribution in [3.05, 3.63) is 48.3 Å². The highest BCUT2D eigenvalue weighted by Crippen LogP contribution is 2.12. The van der Waals surface area contributed by atoms with Gasteiger partial charge in [-0.2, -0.15) is 0 Å². The minimum absolute atomic E-state index is 0.0593. The number of carboxylic acid groups (broad SMARTS) is 1. The summed E-state index contributed by atoms with van der Waals surface area (Å²) in [4.78, 5) is 12.5. The maximum atomic E-state index is 13.5. The van der Waals surface area contributed by atoms with E-state index in [0.29, 0.717) is 18.5 Å². The monoisotopic (exact) mass is 251 g/mol. The summed E-state index contributed by atoms with van der Waals surface area (Å²) in [6.45, 7) is 5.90. The number of halogens is 1. The number of rotatable bonds is 7. The second-order valence-corrected chi connectivity index (χ2v) is 4.26. The van der Waals surface area contributed by atoms with Gasteiger partial charge in [-0.05, 0) is 25.0 Å². The summed E-state index contributed by atoms with van der Waals surface area (Å²) in [5, 5.41) is 8.83. The highest BCUT2D eigenvalue weighted by molar-refractivity contribution is 5.69. The Labute approximate surface area is 107 Å². The van der Waals surface area contributed by atoms with Crippen LogP contribution in [0, 0.1) is 5.82 Å². The number of hydrogen-bond acceptors (Lipinski definition) is 2. The fraction of sp³-hybridized carbons (Fsp3) is 0.357. The lowest BCUT2D eigenvalue weighted by Crippen LogP contribution is -2.38. The van der Waals surface area contributed by atoms with Crippen molar-refractivity contribution in [3.8, 4) is 0 Å². The van der Waals surface area contributed by atoms with Crippen molar-refractivity contribution >= 4 is 5.97 Å². The molecular weight excluding hydrogens is 233 g/mol. The van der Waals surface area contributed by atoms with E-state index in [0.717, 1.165) is 0 Å². The molecule has 0 heterocycles. The minimum atomic E-state index is -0.891. The van der Waals surface area contributed by atoms with Crippen LogP contribution in [-0.4, -0.2) is 35.1 Å². The first-order valence-electron chi connectivity index (χ1n) is 5.84. The van der Waals surface area contributed by atoms with Crippen LogP contribution in [0.2, 0.25) is 0 Å². The van der Waals surface area contributed by atoms with Gasteiger partial charge in [-0.3, -0.25) is 9.69 Å². The van der Waals surface area contributed by atoms with E-state index in [-0.39, 0.29) is 18.4 Å². The molecule has 4 heteroatoms. The van der Waals surface area contributed by atoms with Crippen LogP contribution in [0.5, 0.6) is 0 Å². The summed E-state index contributed by atoms with van der Waals surface area (Å²) in [5.74, 6) is -1.14. The van der Waals surface area contributed by atoms with Gasteiger partial charge in [-0.1, -0.05) is 24.3 Å². The molecule has 1 aromatic carbocycles. The van der Waals surface area contributed by atoms with E-state index in [1.165, 1.54) is 6.07 Å². The second kappa shape index (κ2) is 6.91. The molecule has 1 unspecified atom stereocenters. The lowest BCUT2D eigenvalue weighted by Gasteiger charge is -2.26. The Morgan fingerprint density at radius 2 is 2.22 bits per heavy atom. The van der Waals surface area contributed by atoms with Crippen LogP contribution in [0.4, 0.5) is 4.39 Å². The number of nitrogens with zero attached hydrogens (tertiary/aromatic N) is 1. The Morgan fingerprint density at radius 1 is 1.56 bits per heavy atom. The van der Waals surface area contributed by atoms with Crippen LogP contribution in [0.25, 0.3) is 0 Å². The van der Waals surface area contributed by atoms with E-state index >= 15 is 0 Å². The molecule has 0 aliphatic carbocycles. The first kappa shape index (κ1) is 14.4. The molecule has 0 amide bonds.